The number of carbonyl (C=O) groups excluding carboxylic acids is 2. The number of carbonyl (C=O) groups is 2. The molecule has 118 valence electrons. The molecule has 1 atom stereocenters. The lowest BCUT2D eigenvalue weighted by Gasteiger charge is -2.34. The van der Waals surface area contributed by atoms with E-state index < -0.39 is 6.04 Å². The summed E-state index contributed by atoms with van der Waals surface area (Å²) >= 11 is 0. The third-order valence-electron chi connectivity index (χ3n) is 3.63. The van der Waals surface area contributed by atoms with Crippen LogP contribution in [0, 0.1) is 0 Å². The number of ether oxygens (including phenoxy) is 1. The number of nitrogens with one attached hydrogen (secondary N) is 1. The molecule has 23 heavy (non-hydrogen) atoms. The van der Waals surface area contributed by atoms with Gasteiger partial charge in [0.15, 0.2) is 0 Å². The van der Waals surface area contributed by atoms with E-state index in [1.165, 1.54) is 0 Å². The molecular weight excluding hydrogens is 294 g/mol. The van der Waals surface area contributed by atoms with Crippen LogP contribution in [-0.2, 0) is 20.9 Å². The number of aromatic nitrogens is 1. The van der Waals surface area contributed by atoms with Crippen molar-refractivity contribution in [2.45, 2.75) is 12.6 Å². The Morgan fingerprint density at radius 3 is 2.83 bits per heavy atom. The van der Waals surface area contributed by atoms with Crippen LogP contribution in [0.1, 0.15) is 5.56 Å². The molecular formula is C17H17N3O3. The van der Waals surface area contributed by atoms with Gasteiger partial charge >= 0.3 is 0 Å². The first-order valence-electron chi connectivity index (χ1n) is 7.36. The topological polar surface area (TPSA) is 71.5 Å². The molecule has 3 rings (SSSR count). The molecule has 2 amide bonds. The van der Waals surface area contributed by atoms with Crippen LogP contribution in [0.5, 0.6) is 0 Å². The number of anilines is 1. The van der Waals surface area contributed by atoms with Crippen LogP contribution in [0.15, 0.2) is 54.9 Å². The normalized spacial score (nSPS) is 17.8. The zero-order valence-corrected chi connectivity index (χ0v) is 12.5. The van der Waals surface area contributed by atoms with Crippen LogP contribution in [0.3, 0.4) is 0 Å². The average molecular weight is 311 g/mol. The Balaban J connectivity index is 1.75. The minimum Gasteiger partial charge on any atom is -0.369 e. The van der Waals surface area contributed by atoms with Gasteiger partial charge in [0.1, 0.15) is 12.6 Å². The third-order valence-corrected chi connectivity index (χ3v) is 3.63. The molecule has 6 nitrogen and oxygen atoms in total. The number of pyridine rings is 1. The lowest BCUT2D eigenvalue weighted by molar-refractivity contribution is -0.154. The minimum absolute atomic E-state index is 0.00348. The molecule has 0 saturated carbocycles. The number of benzene rings is 1. The van der Waals surface area contributed by atoms with Crippen molar-refractivity contribution in [2.75, 3.05) is 18.5 Å². The predicted octanol–water partition coefficient (Wildman–Crippen LogP) is 1.45. The Hall–Kier alpha value is -2.73. The summed E-state index contributed by atoms with van der Waals surface area (Å²) in [5.41, 5.74) is 1.57. The van der Waals surface area contributed by atoms with Crippen molar-refractivity contribution in [3.8, 4) is 0 Å². The van der Waals surface area contributed by atoms with E-state index in [0.717, 1.165) is 5.56 Å². The van der Waals surface area contributed by atoms with Crippen molar-refractivity contribution in [1.82, 2.24) is 9.88 Å². The fraction of sp³-hybridized carbons (Fsp3) is 0.235. The fourth-order valence-corrected chi connectivity index (χ4v) is 2.46. The maximum absolute atomic E-state index is 12.5. The first-order valence-corrected chi connectivity index (χ1v) is 7.36. The summed E-state index contributed by atoms with van der Waals surface area (Å²) in [7, 11) is 0. The monoisotopic (exact) mass is 311 g/mol. The zero-order valence-electron chi connectivity index (χ0n) is 12.5. The number of nitrogens with zero attached hydrogens (tertiary/aromatic N) is 2. The summed E-state index contributed by atoms with van der Waals surface area (Å²) in [6.07, 6.45) is 3.19. The van der Waals surface area contributed by atoms with Gasteiger partial charge in [0.2, 0.25) is 11.8 Å². The summed E-state index contributed by atoms with van der Waals surface area (Å²) in [5.74, 6) is -0.464. The SMILES string of the molecule is O=C(Nc1cccnc1)C1COCC(=O)N1Cc1ccccc1. The van der Waals surface area contributed by atoms with Gasteiger partial charge in [-0.1, -0.05) is 30.3 Å². The smallest absolute Gasteiger partial charge is 0.249 e. The quantitative estimate of drug-likeness (QED) is 0.927. The van der Waals surface area contributed by atoms with Gasteiger partial charge in [-0.3, -0.25) is 14.6 Å². The van der Waals surface area contributed by atoms with E-state index in [0.29, 0.717) is 12.2 Å². The molecule has 1 aromatic carbocycles. The van der Waals surface area contributed by atoms with E-state index in [1.807, 2.05) is 30.3 Å². The van der Waals surface area contributed by atoms with Crippen LogP contribution in [0.25, 0.3) is 0 Å². The number of hydrogen-bond donors (Lipinski definition) is 1. The van der Waals surface area contributed by atoms with Crippen LogP contribution < -0.4 is 5.32 Å². The van der Waals surface area contributed by atoms with E-state index in [9.17, 15) is 9.59 Å². The summed E-state index contributed by atoms with van der Waals surface area (Å²) < 4.78 is 5.25. The van der Waals surface area contributed by atoms with E-state index in [2.05, 4.69) is 10.3 Å². The first-order chi connectivity index (χ1) is 11.2. The Kier molecular flexibility index (Phi) is 4.63. The summed E-state index contributed by atoms with van der Waals surface area (Å²) in [4.78, 5) is 30.2. The van der Waals surface area contributed by atoms with Crippen LogP contribution in [0.4, 0.5) is 5.69 Å². The maximum atomic E-state index is 12.5. The molecule has 1 N–H and O–H groups in total. The Bertz CT molecular complexity index is 676. The largest absolute Gasteiger partial charge is 0.369 e. The highest BCUT2D eigenvalue weighted by molar-refractivity contribution is 5.97. The van der Waals surface area contributed by atoms with Crippen LogP contribution >= 0.6 is 0 Å². The Labute approximate surface area is 134 Å². The molecule has 1 unspecified atom stereocenters. The number of amides is 2. The first kappa shape index (κ1) is 15.2. The Morgan fingerprint density at radius 1 is 1.26 bits per heavy atom. The van der Waals surface area contributed by atoms with E-state index in [1.54, 1.807) is 29.4 Å². The zero-order chi connectivity index (χ0) is 16.1. The molecule has 1 saturated heterocycles. The fourth-order valence-electron chi connectivity index (χ4n) is 2.46. The predicted molar refractivity (Wildman–Crippen MR) is 84.5 cm³/mol. The van der Waals surface area contributed by atoms with Crippen molar-refractivity contribution in [2.24, 2.45) is 0 Å². The van der Waals surface area contributed by atoms with E-state index >= 15 is 0 Å². The Morgan fingerprint density at radius 2 is 2.09 bits per heavy atom. The van der Waals surface area contributed by atoms with Crippen molar-refractivity contribution in [3.63, 3.8) is 0 Å². The lowest BCUT2D eigenvalue weighted by atomic mass is 10.1. The molecule has 0 spiro atoms. The molecule has 2 aromatic rings. The van der Waals surface area contributed by atoms with Crippen molar-refractivity contribution < 1.29 is 14.3 Å². The number of rotatable bonds is 4. The standard InChI is InChI=1S/C17H17N3O3/c21-16-12-23-11-15(17(22)19-14-7-4-8-18-9-14)20(16)10-13-5-2-1-3-6-13/h1-9,15H,10-12H2,(H,19,22). The molecule has 1 fully saturated rings. The van der Waals surface area contributed by atoms with Crippen molar-refractivity contribution in [1.29, 1.82) is 0 Å². The van der Waals surface area contributed by atoms with Crippen LogP contribution in [-0.4, -0.2) is 41.0 Å². The maximum Gasteiger partial charge on any atom is 0.249 e. The molecule has 0 bridgehead atoms. The molecule has 2 heterocycles. The molecule has 6 heteroatoms. The van der Waals surface area contributed by atoms with Gasteiger partial charge in [0, 0.05) is 12.7 Å². The van der Waals surface area contributed by atoms with Gasteiger partial charge in [-0.15, -0.1) is 0 Å². The number of hydrogen-bond acceptors (Lipinski definition) is 4. The summed E-state index contributed by atoms with van der Waals surface area (Å²) in [5, 5.41) is 2.77. The summed E-state index contributed by atoms with van der Waals surface area (Å²) in [6, 6.07) is 12.4. The highest BCUT2D eigenvalue weighted by Crippen LogP contribution is 2.15. The van der Waals surface area contributed by atoms with Gasteiger partial charge in [-0.25, -0.2) is 0 Å². The molecule has 1 aliphatic rings. The second-order valence-corrected chi connectivity index (χ2v) is 5.27. The third kappa shape index (κ3) is 3.73. The molecule has 1 aromatic heterocycles. The van der Waals surface area contributed by atoms with Gasteiger partial charge in [0.05, 0.1) is 18.5 Å². The van der Waals surface area contributed by atoms with Gasteiger partial charge in [-0.2, -0.15) is 0 Å². The minimum atomic E-state index is -0.656. The second-order valence-electron chi connectivity index (χ2n) is 5.27. The summed E-state index contributed by atoms with van der Waals surface area (Å²) in [6.45, 7) is 0.572. The highest BCUT2D eigenvalue weighted by Gasteiger charge is 2.34. The average Bonchev–Trinajstić information content (AvgIpc) is 2.58. The highest BCUT2D eigenvalue weighted by atomic mass is 16.5. The van der Waals surface area contributed by atoms with Gasteiger partial charge < -0.3 is 15.0 Å². The van der Waals surface area contributed by atoms with Crippen molar-refractivity contribution in [3.05, 3.63) is 60.4 Å². The van der Waals surface area contributed by atoms with Gasteiger partial charge in [-0.05, 0) is 17.7 Å². The van der Waals surface area contributed by atoms with E-state index in [4.69, 9.17) is 4.74 Å². The van der Waals surface area contributed by atoms with E-state index in [-0.39, 0.29) is 25.0 Å². The second kappa shape index (κ2) is 7.02. The van der Waals surface area contributed by atoms with Crippen molar-refractivity contribution >= 4 is 17.5 Å². The van der Waals surface area contributed by atoms with Gasteiger partial charge in [0.25, 0.3) is 0 Å². The van der Waals surface area contributed by atoms with Crippen LogP contribution in [0.2, 0.25) is 0 Å². The molecule has 0 radical (unpaired) electrons. The molecule has 0 aliphatic carbocycles. The molecule has 1 aliphatic heterocycles. The lowest BCUT2D eigenvalue weighted by Crippen LogP contribution is -2.54. The number of morpholine rings is 1.